The second-order valence-corrected chi connectivity index (χ2v) is 9.08. The molecule has 1 aromatic heterocycles. The molecule has 0 fully saturated rings. The Morgan fingerprint density at radius 1 is 1.05 bits per heavy atom. The Bertz CT molecular complexity index is 1380. The lowest BCUT2D eigenvalue weighted by Crippen LogP contribution is -2.36. The first kappa shape index (κ1) is 27.2. The number of hydrogen-bond donors (Lipinski definition) is 1. The smallest absolute Gasteiger partial charge is 0.336 e. The Labute approximate surface area is 226 Å². The van der Waals surface area contributed by atoms with Gasteiger partial charge < -0.3 is 24.1 Å². The Morgan fingerprint density at radius 3 is 2.42 bits per heavy atom. The zero-order chi connectivity index (χ0) is 27.2. The number of methoxy groups -OCH3 is 2. The van der Waals surface area contributed by atoms with Crippen LogP contribution in [-0.4, -0.2) is 42.3 Å². The molecular weight excluding hydrogens is 506 g/mol. The van der Waals surface area contributed by atoms with E-state index in [2.05, 4.69) is 10.3 Å². The molecule has 38 heavy (non-hydrogen) atoms. The van der Waals surface area contributed by atoms with Crippen molar-refractivity contribution in [3.8, 4) is 0 Å². The van der Waals surface area contributed by atoms with Crippen LogP contribution < -0.4 is 5.32 Å². The van der Waals surface area contributed by atoms with Crippen molar-refractivity contribution in [1.82, 2.24) is 14.9 Å². The van der Waals surface area contributed by atoms with Gasteiger partial charge in [0.1, 0.15) is 5.82 Å². The number of aromatic nitrogens is 2. The summed E-state index contributed by atoms with van der Waals surface area (Å²) < 4.78 is 18.5. The van der Waals surface area contributed by atoms with E-state index in [1.54, 1.807) is 51.4 Å². The summed E-state index contributed by atoms with van der Waals surface area (Å²) in [4.78, 5) is 31.2. The molecule has 1 N–H and O–H groups in total. The van der Waals surface area contributed by atoms with Crippen LogP contribution in [0.2, 0.25) is 5.02 Å². The first-order valence-electron chi connectivity index (χ1n) is 12.2. The van der Waals surface area contributed by atoms with Gasteiger partial charge >= 0.3 is 11.9 Å². The van der Waals surface area contributed by atoms with Crippen molar-refractivity contribution < 1.29 is 23.8 Å². The summed E-state index contributed by atoms with van der Waals surface area (Å²) in [5.74, 6) is -1.47. The zero-order valence-corrected chi connectivity index (χ0v) is 22.5. The summed E-state index contributed by atoms with van der Waals surface area (Å²) in [5, 5.41) is 3.65. The molecule has 198 valence electrons. The Hall–Kier alpha value is -3.88. The number of benzene rings is 2. The quantitative estimate of drug-likeness (QED) is 0.389. The Balaban J connectivity index is 1.93. The summed E-state index contributed by atoms with van der Waals surface area (Å²) in [6, 6.07) is 17.0. The average molecular weight is 536 g/mol. The predicted molar refractivity (Wildman–Crippen MR) is 143 cm³/mol. The molecule has 0 saturated carbocycles. The number of imidazole rings is 1. The lowest BCUT2D eigenvalue weighted by Gasteiger charge is -2.34. The van der Waals surface area contributed by atoms with E-state index in [1.807, 2.05) is 41.1 Å². The first-order chi connectivity index (χ1) is 18.4. The fraction of sp³-hybridized carbons (Fsp3) is 0.276. The molecule has 0 amide bonds. The predicted octanol–water partition coefficient (Wildman–Crippen LogP) is 4.92. The van der Waals surface area contributed by atoms with E-state index in [0.717, 1.165) is 5.56 Å². The standard InChI is InChI=1S/C29H30ClN3O5/c1-5-38-29(35)24-23(20-13-9-10-14-21(20)30)22(28(34)37-4)18(2)32-25(24)26(36-3)27-31-15-16-33(27)17-19-11-7-6-8-12-19/h6-16,23,26,32H,5,17H2,1-4H3. The second-order valence-electron chi connectivity index (χ2n) is 8.67. The van der Waals surface area contributed by atoms with Gasteiger partial charge in [-0.15, -0.1) is 0 Å². The van der Waals surface area contributed by atoms with E-state index in [9.17, 15) is 9.59 Å². The molecule has 8 nitrogen and oxygen atoms in total. The minimum Gasteiger partial charge on any atom is -0.466 e. The van der Waals surface area contributed by atoms with Gasteiger partial charge in [0.15, 0.2) is 6.10 Å². The van der Waals surface area contributed by atoms with Crippen molar-refractivity contribution in [2.45, 2.75) is 32.4 Å². The molecule has 2 atom stereocenters. The fourth-order valence-electron chi connectivity index (χ4n) is 4.72. The molecule has 0 bridgehead atoms. The van der Waals surface area contributed by atoms with Gasteiger partial charge in [0.05, 0.1) is 36.5 Å². The summed E-state index contributed by atoms with van der Waals surface area (Å²) in [6.45, 7) is 4.17. The number of esters is 2. The summed E-state index contributed by atoms with van der Waals surface area (Å²) >= 11 is 6.62. The molecule has 9 heteroatoms. The number of hydrogen-bond acceptors (Lipinski definition) is 7. The maximum atomic E-state index is 13.6. The van der Waals surface area contributed by atoms with Crippen LogP contribution in [0.15, 0.2) is 89.5 Å². The van der Waals surface area contributed by atoms with Crippen LogP contribution in [0.4, 0.5) is 0 Å². The molecule has 2 unspecified atom stereocenters. The number of carbonyl (C=O) groups is 2. The van der Waals surface area contributed by atoms with Gasteiger partial charge in [-0.05, 0) is 31.0 Å². The summed E-state index contributed by atoms with van der Waals surface area (Å²) in [6.07, 6.45) is 2.76. The number of dihydropyridines is 1. The minimum absolute atomic E-state index is 0.140. The lowest BCUT2D eigenvalue weighted by atomic mass is 9.79. The highest BCUT2D eigenvalue weighted by Gasteiger charge is 2.42. The van der Waals surface area contributed by atoms with Gasteiger partial charge in [-0.1, -0.05) is 60.1 Å². The third-order valence-corrected chi connectivity index (χ3v) is 6.73. The van der Waals surface area contributed by atoms with Crippen LogP contribution >= 0.6 is 11.6 Å². The van der Waals surface area contributed by atoms with Gasteiger partial charge in [-0.2, -0.15) is 0 Å². The molecule has 0 aliphatic carbocycles. The molecule has 4 rings (SSSR count). The largest absolute Gasteiger partial charge is 0.466 e. The highest BCUT2D eigenvalue weighted by Crippen LogP contribution is 2.44. The molecule has 2 heterocycles. The number of carbonyl (C=O) groups excluding carboxylic acids is 2. The first-order valence-corrected chi connectivity index (χ1v) is 12.6. The van der Waals surface area contributed by atoms with Gasteiger partial charge in [0, 0.05) is 36.8 Å². The maximum absolute atomic E-state index is 13.6. The van der Waals surface area contributed by atoms with Gasteiger partial charge in [-0.3, -0.25) is 0 Å². The second kappa shape index (κ2) is 12.1. The highest BCUT2D eigenvalue weighted by atomic mass is 35.5. The number of nitrogens with zero attached hydrogens (tertiary/aromatic N) is 2. The average Bonchev–Trinajstić information content (AvgIpc) is 3.37. The van der Waals surface area contributed by atoms with Crippen molar-refractivity contribution in [2.24, 2.45) is 0 Å². The highest BCUT2D eigenvalue weighted by molar-refractivity contribution is 6.31. The van der Waals surface area contributed by atoms with Crippen LogP contribution in [0.1, 0.15) is 42.8 Å². The number of ether oxygens (including phenoxy) is 3. The van der Waals surface area contributed by atoms with E-state index in [-0.39, 0.29) is 17.8 Å². The monoisotopic (exact) mass is 535 g/mol. The van der Waals surface area contributed by atoms with Crippen LogP contribution in [0.5, 0.6) is 0 Å². The van der Waals surface area contributed by atoms with Crippen LogP contribution in [0, 0.1) is 0 Å². The fourth-order valence-corrected chi connectivity index (χ4v) is 4.97. The Kier molecular flexibility index (Phi) is 8.66. The molecule has 0 spiro atoms. The Morgan fingerprint density at radius 2 is 1.76 bits per heavy atom. The van der Waals surface area contributed by atoms with Crippen molar-refractivity contribution in [3.63, 3.8) is 0 Å². The van der Waals surface area contributed by atoms with E-state index < -0.39 is 24.0 Å². The molecule has 2 aromatic carbocycles. The summed E-state index contributed by atoms with van der Waals surface area (Å²) in [5.41, 5.74) is 3.03. The molecular formula is C29H30ClN3O5. The zero-order valence-electron chi connectivity index (χ0n) is 21.7. The van der Waals surface area contributed by atoms with Crippen LogP contribution in [0.3, 0.4) is 0 Å². The van der Waals surface area contributed by atoms with Gasteiger partial charge in [0.25, 0.3) is 0 Å². The molecule has 1 aliphatic heterocycles. The molecule has 3 aromatic rings. The number of nitrogens with one attached hydrogen (secondary N) is 1. The third kappa shape index (κ3) is 5.37. The van der Waals surface area contributed by atoms with Crippen molar-refractivity contribution in [2.75, 3.05) is 20.8 Å². The molecule has 1 aliphatic rings. The number of rotatable bonds is 9. The van der Waals surface area contributed by atoms with Crippen LogP contribution in [-0.2, 0) is 30.3 Å². The third-order valence-electron chi connectivity index (χ3n) is 6.39. The van der Waals surface area contributed by atoms with Crippen molar-refractivity contribution >= 4 is 23.5 Å². The SMILES string of the molecule is CCOC(=O)C1=C(C(OC)c2nccn2Cc2ccccc2)NC(C)=C(C(=O)OC)C1c1ccccc1Cl. The van der Waals surface area contributed by atoms with E-state index in [0.29, 0.717) is 34.3 Å². The van der Waals surface area contributed by atoms with Gasteiger partial charge in [0.2, 0.25) is 0 Å². The van der Waals surface area contributed by atoms with Crippen molar-refractivity contribution in [1.29, 1.82) is 0 Å². The van der Waals surface area contributed by atoms with E-state index >= 15 is 0 Å². The minimum atomic E-state index is -0.860. The van der Waals surface area contributed by atoms with E-state index in [1.165, 1.54) is 7.11 Å². The van der Waals surface area contributed by atoms with Crippen molar-refractivity contribution in [3.05, 3.63) is 112 Å². The summed E-state index contributed by atoms with van der Waals surface area (Å²) in [7, 11) is 2.84. The normalized spacial score (nSPS) is 16.2. The maximum Gasteiger partial charge on any atom is 0.336 e. The molecule has 0 radical (unpaired) electrons. The molecule has 0 saturated heterocycles. The number of allylic oxidation sites excluding steroid dienone is 1. The number of halogens is 1. The lowest BCUT2D eigenvalue weighted by molar-refractivity contribution is -0.139. The topological polar surface area (TPSA) is 91.7 Å². The van der Waals surface area contributed by atoms with Crippen LogP contribution in [0.25, 0.3) is 0 Å². The van der Waals surface area contributed by atoms with Gasteiger partial charge in [-0.25, -0.2) is 14.6 Å². The van der Waals surface area contributed by atoms with E-state index in [4.69, 9.17) is 25.8 Å².